The van der Waals surface area contributed by atoms with Crippen LogP contribution in [-0.2, 0) is 0 Å². The third-order valence-corrected chi connectivity index (χ3v) is 1.18. The highest BCUT2D eigenvalue weighted by Crippen LogP contribution is 2.03. The van der Waals surface area contributed by atoms with E-state index in [1.54, 1.807) is 19.1 Å². The minimum Gasteiger partial charge on any atom is -0.320 e. The fraction of sp³-hybridized carbons (Fsp3) is 0.500. The topological polar surface area (TPSA) is 26.0 Å². The summed E-state index contributed by atoms with van der Waals surface area (Å²) in [7, 11) is 0. The average Bonchev–Trinajstić information content (AvgIpc) is 1.87. The van der Waals surface area contributed by atoms with Crippen molar-refractivity contribution < 1.29 is 8.78 Å². The summed E-state index contributed by atoms with van der Waals surface area (Å²) < 4.78 is 23.7. The molecule has 0 bridgehead atoms. The average molecular weight is 161 g/mol. The zero-order chi connectivity index (χ0) is 8.85. The molecular weight excluding hydrogens is 148 g/mol. The first-order valence-electron chi connectivity index (χ1n) is 3.42. The van der Waals surface area contributed by atoms with E-state index in [9.17, 15) is 8.78 Å². The molecule has 1 unspecified atom stereocenters. The van der Waals surface area contributed by atoms with Crippen molar-refractivity contribution in [2.75, 3.05) is 0 Å². The molecule has 0 saturated heterocycles. The normalized spacial score (nSPS) is 16.4. The molecular formula is C8H13F2N. The standard InChI is InChI=1S/C8H13F2N/c1-3-4-6(2)5-7(11)8(9)10/h3-5,7-8H,11H2,1-2H3/b4-3-,6-5-. The summed E-state index contributed by atoms with van der Waals surface area (Å²) in [5.74, 6) is 0. The van der Waals surface area contributed by atoms with Crippen molar-refractivity contribution in [2.24, 2.45) is 5.73 Å². The predicted molar refractivity (Wildman–Crippen MR) is 42.6 cm³/mol. The van der Waals surface area contributed by atoms with Crippen LogP contribution in [0.3, 0.4) is 0 Å². The van der Waals surface area contributed by atoms with Crippen molar-refractivity contribution in [3.8, 4) is 0 Å². The summed E-state index contributed by atoms with van der Waals surface area (Å²) in [5, 5.41) is 0. The SMILES string of the molecule is C/C=C\C(C)=C/C(N)C(F)F. The molecule has 0 aliphatic rings. The molecule has 0 radical (unpaired) electrons. The van der Waals surface area contributed by atoms with Crippen molar-refractivity contribution in [3.63, 3.8) is 0 Å². The van der Waals surface area contributed by atoms with E-state index in [4.69, 9.17) is 5.73 Å². The summed E-state index contributed by atoms with van der Waals surface area (Å²) in [4.78, 5) is 0. The molecule has 0 aromatic rings. The smallest absolute Gasteiger partial charge is 0.257 e. The minimum absolute atomic E-state index is 0.764. The van der Waals surface area contributed by atoms with Crippen LogP contribution < -0.4 is 5.73 Å². The van der Waals surface area contributed by atoms with Crippen molar-refractivity contribution in [1.29, 1.82) is 0 Å². The number of nitrogens with two attached hydrogens (primary N) is 1. The van der Waals surface area contributed by atoms with Gasteiger partial charge < -0.3 is 5.73 Å². The zero-order valence-corrected chi connectivity index (χ0v) is 6.72. The maximum atomic E-state index is 11.8. The second-order valence-electron chi connectivity index (χ2n) is 2.32. The summed E-state index contributed by atoms with van der Waals surface area (Å²) in [6, 6.07) is -1.15. The zero-order valence-electron chi connectivity index (χ0n) is 6.72. The number of halogens is 2. The van der Waals surface area contributed by atoms with Gasteiger partial charge in [0, 0.05) is 0 Å². The van der Waals surface area contributed by atoms with Gasteiger partial charge in [-0.05, 0) is 13.8 Å². The molecule has 0 aromatic carbocycles. The molecule has 2 N–H and O–H groups in total. The van der Waals surface area contributed by atoms with E-state index in [-0.39, 0.29) is 0 Å². The Bertz CT molecular complexity index is 161. The highest BCUT2D eigenvalue weighted by atomic mass is 19.3. The van der Waals surface area contributed by atoms with Crippen LogP contribution in [0.15, 0.2) is 23.8 Å². The molecule has 0 saturated carbocycles. The second kappa shape index (κ2) is 5.02. The molecule has 0 fully saturated rings. The van der Waals surface area contributed by atoms with Crippen LogP contribution in [-0.4, -0.2) is 12.5 Å². The Kier molecular flexibility index (Phi) is 4.70. The Hall–Kier alpha value is -0.700. The lowest BCUT2D eigenvalue weighted by atomic mass is 10.2. The quantitative estimate of drug-likeness (QED) is 0.630. The number of hydrogen-bond donors (Lipinski definition) is 1. The van der Waals surface area contributed by atoms with Crippen LogP contribution in [0.1, 0.15) is 13.8 Å². The van der Waals surface area contributed by atoms with Gasteiger partial charge in [-0.3, -0.25) is 0 Å². The summed E-state index contributed by atoms with van der Waals surface area (Å²) in [5.41, 5.74) is 5.85. The monoisotopic (exact) mass is 161 g/mol. The fourth-order valence-electron chi connectivity index (χ4n) is 0.695. The predicted octanol–water partition coefficient (Wildman–Crippen LogP) is 2.10. The first kappa shape index (κ1) is 10.3. The van der Waals surface area contributed by atoms with E-state index in [1.165, 1.54) is 6.08 Å². The van der Waals surface area contributed by atoms with Gasteiger partial charge in [-0.25, -0.2) is 8.78 Å². The van der Waals surface area contributed by atoms with Gasteiger partial charge in [-0.1, -0.05) is 23.8 Å². The maximum Gasteiger partial charge on any atom is 0.257 e. The largest absolute Gasteiger partial charge is 0.320 e. The van der Waals surface area contributed by atoms with Crippen LogP contribution in [0.2, 0.25) is 0 Å². The molecule has 0 spiro atoms. The molecule has 64 valence electrons. The molecule has 11 heavy (non-hydrogen) atoms. The summed E-state index contributed by atoms with van der Waals surface area (Å²) in [6.07, 6.45) is 2.40. The molecule has 0 aromatic heterocycles. The maximum absolute atomic E-state index is 11.8. The molecule has 1 nitrogen and oxygen atoms in total. The van der Waals surface area contributed by atoms with E-state index in [1.807, 2.05) is 6.92 Å². The van der Waals surface area contributed by atoms with Gasteiger partial charge in [0.2, 0.25) is 0 Å². The molecule has 1 atom stereocenters. The Morgan fingerprint density at radius 1 is 1.45 bits per heavy atom. The van der Waals surface area contributed by atoms with E-state index in [0.717, 1.165) is 5.57 Å². The van der Waals surface area contributed by atoms with Crippen molar-refractivity contribution in [2.45, 2.75) is 26.3 Å². The first-order chi connectivity index (χ1) is 5.07. The summed E-state index contributed by atoms with van der Waals surface area (Å²) in [6.45, 7) is 3.56. The van der Waals surface area contributed by atoms with E-state index >= 15 is 0 Å². The highest BCUT2D eigenvalue weighted by Gasteiger charge is 2.10. The van der Waals surface area contributed by atoms with E-state index < -0.39 is 12.5 Å². The van der Waals surface area contributed by atoms with Gasteiger partial charge >= 0.3 is 0 Å². The van der Waals surface area contributed by atoms with Gasteiger partial charge in [0.1, 0.15) is 0 Å². The lowest BCUT2D eigenvalue weighted by molar-refractivity contribution is 0.133. The van der Waals surface area contributed by atoms with Gasteiger partial charge in [0.25, 0.3) is 6.43 Å². The van der Waals surface area contributed by atoms with Crippen molar-refractivity contribution in [3.05, 3.63) is 23.8 Å². The number of allylic oxidation sites excluding steroid dienone is 3. The molecule has 0 heterocycles. The van der Waals surface area contributed by atoms with Gasteiger partial charge in [0.05, 0.1) is 6.04 Å². The van der Waals surface area contributed by atoms with Gasteiger partial charge in [0.15, 0.2) is 0 Å². The lowest BCUT2D eigenvalue weighted by Crippen LogP contribution is -2.26. The van der Waals surface area contributed by atoms with Crippen LogP contribution in [0, 0.1) is 0 Å². The Balaban J connectivity index is 4.07. The van der Waals surface area contributed by atoms with Crippen LogP contribution in [0.25, 0.3) is 0 Å². The Morgan fingerprint density at radius 3 is 2.36 bits per heavy atom. The third kappa shape index (κ3) is 4.67. The van der Waals surface area contributed by atoms with Crippen molar-refractivity contribution >= 4 is 0 Å². The Labute approximate surface area is 65.6 Å². The lowest BCUT2D eigenvalue weighted by Gasteiger charge is -2.04. The Morgan fingerprint density at radius 2 is 2.00 bits per heavy atom. The molecule has 0 aliphatic carbocycles. The second-order valence-corrected chi connectivity index (χ2v) is 2.32. The first-order valence-corrected chi connectivity index (χ1v) is 3.42. The third-order valence-electron chi connectivity index (χ3n) is 1.18. The van der Waals surface area contributed by atoms with E-state index in [2.05, 4.69) is 0 Å². The number of alkyl halides is 2. The van der Waals surface area contributed by atoms with E-state index in [0.29, 0.717) is 0 Å². The number of rotatable bonds is 3. The fourth-order valence-corrected chi connectivity index (χ4v) is 0.695. The van der Waals surface area contributed by atoms with Crippen molar-refractivity contribution in [1.82, 2.24) is 0 Å². The van der Waals surface area contributed by atoms with Gasteiger partial charge in [-0.2, -0.15) is 0 Å². The molecule has 0 rings (SSSR count). The summed E-state index contributed by atoms with van der Waals surface area (Å²) >= 11 is 0. The highest BCUT2D eigenvalue weighted by molar-refractivity contribution is 5.17. The minimum atomic E-state index is -2.48. The van der Waals surface area contributed by atoms with Crippen LogP contribution in [0.4, 0.5) is 8.78 Å². The molecule has 0 aliphatic heterocycles. The van der Waals surface area contributed by atoms with Gasteiger partial charge in [-0.15, -0.1) is 0 Å². The molecule has 3 heteroatoms. The van der Waals surface area contributed by atoms with Crippen LogP contribution >= 0.6 is 0 Å². The van der Waals surface area contributed by atoms with Crippen LogP contribution in [0.5, 0.6) is 0 Å². The molecule has 0 amide bonds. The number of hydrogen-bond acceptors (Lipinski definition) is 1.